The maximum atomic E-state index is 12.5. The Labute approximate surface area is 124 Å². The SMILES string of the molecule is COC(=O)C1CCc2ccccc2N1C(=O)OC(C)(C)C. The van der Waals surface area contributed by atoms with Gasteiger partial charge in [-0.15, -0.1) is 0 Å². The molecule has 21 heavy (non-hydrogen) atoms. The Morgan fingerprint density at radius 3 is 2.52 bits per heavy atom. The molecule has 114 valence electrons. The fourth-order valence-corrected chi connectivity index (χ4v) is 2.44. The van der Waals surface area contributed by atoms with Crippen LogP contribution in [0.25, 0.3) is 0 Å². The van der Waals surface area contributed by atoms with Crippen LogP contribution in [0.1, 0.15) is 32.8 Å². The number of para-hydroxylation sites is 1. The van der Waals surface area contributed by atoms with Gasteiger partial charge in [0.1, 0.15) is 11.6 Å². The van der Waals surface area contributed by atoms with Gasteiger partial charge in [0.15, 0.2) is 0 Å². The summed E-state index contributed by atoms with van der Waals surface area (Å²) in [5, 5.41) is 0. The first-order valence-corrected chi connectivity index (χ1v) is 7.01. The molecule has 0 saturated heterocycles. The van der Waals surface area contributed by atoms with Crippen molar-refractivity contribution in [3.8, 4) is 0 Å². The van der Waals surface area contributed by atoms with Crippen LogP contribution in [0.5, 0.6) is 0 Å². The molecule has 1 aromatic rings. The summed E-state index contributed by atoms with van der Waals surface area (Å²) >= 11 is 0. The number of ether oxygens (including phenoxy) is 2. The maximum Gasteiger partial charge on any atom is 0.415 e. The van der Waals surface area contributed by atoms with Crippen LogP contribution >= 0.6 is 0 Å². The van der Waals surface area contributed by atoms with Gasteiger partial charge in [-0.25, -0.2) is 9.59 Å². The van der Waals surface area contributed by atoms with Gasteiger partial charge in [-0.3, -0.25) is 4.90 Å². The fourth-order valence-electron chi connectivity index (χ4n) is 2.44. The van der Waals surface area contributed by atoms with Crippen molar-refractivity contribution in [1.29, 1.82) is 0 Å². The molecule has 1 aliphatic rings. The summed E-state index contributed by atoms with van der Waals surface area (Å²) in [4.78, 5) is 25.9. The summed E-state index contributed by atoms with van der Waals surface area (Å²) in [7, 11) is 1.33. The summed E-state index contributed by atoms with van der Waals surface area (Å²) in [6.07, 6.45) is 0.739. The van der Waals surface area contributed by atoms with Gasteiger partial charge in [0.05, 0.1) is 12.8 Å². The van der Waals surface area contributed by atoms with Crippen molar-refractivity contribution in [3.63, 3.8) is 0 Å². The molecule has 1 unspecified atom stereocenters. The Balaban J connectivity index is 2.39. The van der Waals surface area contributed by atoms with E-state index in [0.29, 0.717) is 12.1 Å². The fraction of sp³-hybridized carbons (Fsp3) is 0.500. The number of nitrogens with zero attached hydrogens (tertiary/aromatic N) is 1. The van der Waals surface area contributed by atoms with E-state index < -0.39 is 23.7 Å². The molecule has 0 saturated carbocycles. The molecule has 0 aliphatic carbocycles. The predicted molar refractivity (Wildman–Crippen MR) is 79.3 cm³/mol. The minimum Gasteiger partial charge on any atom is -0.467 e. The molecule has 0 radical (unpaired) electrons. The van der Waals surface area contributed by atoms with Crippen LogP contribution < -0.4 is 4.90 Å². The molecule has 1 heterocycles. The lowest BCUT2D eigenvalue weighted by Crippen LogP contribution is -2.50. The number of rotatable bonds is 1. The van der Waals surface area contributed by atoms with Crippen molar-refractivity contribution >= 4 is 17.7 Å². The second kappa shape index (κ2) is 5.76. The van der Waals surface area contributed by atoms with Crippen molar-refractivity contribution < 1.29 is 19.1 Å². The number of benzene rings is 1. The molecule has 1 atom stereocenters. The number of esters is 1. The summed E-state index contributed by atoms with van der Waals surface area (Å²) < 4.78 is 10.3. The van der Waals surface area contributed by atoms with E-state index in [2.05, 4.69) is 0 Å². The zero-order chi connectivity index (χ0) is 15.6. The molecule has 1 aliphatic heterocycles. The standard InChI is InChI=1S/C16H21NO4/c1-16(2,3)21-15(19)17-12-8-6-5-7-11(12)9-10-13(17)14(18)20-4/h5-8,13H,9-10H2,1-4H3. The number of anilines is 1. The van der Waals surface area contributed by atoms with Crippen LogP contribution in [0.15, 0.2) is 24.3 Å². The first-order valence-electron chi connectivity index (χ1n) is 7.01. The van der Waals surface area contributed by atoms with E-state index in [9.17, 15) is 9.59 Å². The molecular weight excluding hydrogens is 270 g/mol. The van der Waals surface area contributed by atoms with Crippen LogP contribution in [-0.4, -0.2) is 30.8 Å². The van der Waals surface area contributed by atoms with Gasteiger partial charge in [0.25, 0.3) is 0 Å². The quantitative estimate of drug-likeness (QED) is 0.747. The van der Waals surface area contributed by atoms with E-state index in [-0.39, 0.29) is 0 Å². The van der Waals surface area contributed by atoms with Crippen LogP contribution in [0.2, 0.25) is 0 Å². The summed E-state index contributed by atoms with van der Waals surface area (Å²) in [6, 6.07) is 6.91. The van der Waals surface area contributed by atoms with Gasteiger partial charge in [0.2, 0.25) is 0 Å². The Morgan fingerprint density at radius 2 is 1.90 bits per heavy atom. The number of hydrogen-bond donors (Lipinski definition) is 0. The molecular formula is C16H21NO4. The Kier molecular flexibility index (Phi) is 4.21. The number of methoxy groups -OCH3 is 1. The molecule has 1 amide bonds. The molecule has 5 heteroatoms. The Morgan fingerprint density at radius 1 is 1.24 bits per heavy atom. The van der Waals surface area contributed by atoms with Gasteiger partial charge in [-0.2, -0.15) is 0 Å². The van der Waals surface area contributed by atoms with E-state index in [1.165, 1.54) is 12.0 Å². The minimum atomic E-state index is -0.639. The molecule has 5 nitrogen and oxygen atoms in total. The molecule has 0 N–H and O–H groups in total. The highest BCUT2D eigenvalue weighted by Crippen LogP contribution is 2.32. The first kappa shape index (κ1) is 15.4. The van der Waals surface area contributed by atoms with Crippen molar-refractivity contribution in [2.24, 2.45) is 0 Å². The van der Waals surface area contributed by atoms with Gasteiger partial charge >= 0.3 is 12.1 Å². The average Bonchev–Trinajstić information content (AvgIpc) is 2.43. The van der Waals surface area contributed by atoms with Crippen molar-refractivity contribution in [2.45, 2.75) is 45.3 Å². The van der Waals surface area contributed by atoms with Crippen molar-refractivity contribution in [1.82, 2.24) is 0 Å². The Bertz CT molecular complexity index is 547. The van der Waals surface area contributed by atoms with E-state index in [4.69, 9.17) is 9.47 Å². The lowest BCUT2D eigenvalue weighted by molar-refractivity contribution is -0.142. The number of hydrogen-bond acceptors (Lipinski definition) is 4. The highest BCUT2D eigenvalue weighted by atomic mass is 16.6. The van der Waals surface area contributed by atoms with E-state index in [0.717, 1.165) is 12.0 Å². The largest absolute Gasteiger partial charge is 0.467 e. The van der Waals surface area contributed by atoms with Gasteiger partial charge in [-0.1, -0.05) is 18.2 Å². The van der Waals surface area contributed by atoms with Crippen molar-refractivity contribution in [2.75, 3.05) is 12.0 Å². The summed E-state index contributed by atoms with van der Waals surface area (Å²) in [6.45, 7) is 5.40. The molecule has 0 fully saturated rings. The highest BCUT2D eigenvalue weighted by molar-refractivity contribution is 5.97. The van der Waals surface area contributed by atoms with Gasteiger partial charge < -0.3 is 9.47 Å². The first-order chi connectivity index (χ1) is 9.83. The van der Waals surface area contributed by atoms with Crippen molar-refractivity contribution in [3.05, 3.63) is 29.8 Å². The number of carbonyl (C=O) groups is 2. The number of carbonyl (C=O) groups excluding carboxylic acids is 2. The predicted octanol–water partition coefficient (Wildman–Crippen LogP) is 2.92. The second-order valence-corrected chi connectivity index (χ2v) is 6.06. The highest BCUT2D eigenvalue weighted by Gasteiger charge is 2.38. The van der Waals surface area contributed by atoms with E-state index >= 15 is 0 Å². The smallest absolute Gasteiger partial charge is 0.415 e. The monoisotopic (exact) mass is 291 g/mol. The third-order valence-electron chi connectivity index (χ3n) is 3.31. The maximum absolute atomic E-state index is 12.5. The number of aryl methyl sites for hydroxylation is 1. The Hall–Kier alpha value is -2.04. The number of amides is 1. The number of fused-ring (bicyclic) bond motifs is 1. The van der Waals surface area contributed by atoms with Crippen LogP contribution in [-0.2, 0) is 20.7 Å². The summed E-state index contributed by atoms with van der Waals surface area (Å²) in [5.41, 5.74) is 1.13. The minimum absolute atomic E-state index is 0.421. The van der Waals surface area contributed by atoms with Gasteiger partial charge in [-0.05, 0) is 45.2 Å². The van der Waals surface area contributed by atoms with E-state index in [1.807, 2.05) is 24.3 Å². The van der Waals surface area contributed by atoms with Crippen LogP contribution in [0.3, 0.4) is 0 Å². The average molecular weight is 291 g/mol. The lowest BCUT2D eigenvalue weighted by atomic mass is 9.96. The van der Waals surface area contributed by atoms with Crippen LogP contribution in [0, 0.1) is 0 Å². The molecule has 0 spiro atoms. The zero-order valence-electron chi connectivity index (χ0n) is 12.9. The lowest BCUT2D eigenvalue weighted by Gasteiger charge is -2.36. The van der Waals surface area contributed by atoms with E-state index in [1.54, 1.807) is 20.8 Å². The van der Waals surface area contributed by atoms with Crippen LogP contribution in [0.4, 0.5) is 10.5 Å². The second-order valence-electron chi connectivity index (χ2n) is 6.06. The third-order valence-corrected chi connectivity index (χ3v) is 3.31. The molecule has 0 aromatic heterocycles. The molecule has 2 rings (SSSR count). The normalized spacial score (nSPS) is 17.9. The summed E-state index contributed by atoms with van der Waals surface area (Å²) in [5.74, 6) is -0.421. The molecule has 1 aromatic carbocycles. The zero-order valence-corrected chi connectivity index (χ0v) is 12.9. The topological polar surface area (TPSA) is 55.8 Å². The molecule has 0 bridgehead atoms. The van der Waals surface area contributed by atoms with Gasteiger partial charge in [0, 0.05) is 0 Å². The third kappa shape index (κ3) is 3.35.